The summed E-state index contributed by atoms with van der Waals surface area (Å²) < 4.78 is 0. The van der Waals surface area contributed by atoms with Crippen molar-refractivity contribution in [1.82, 2.24) is 4.98 Å². The second-order valence-electron chi connectivity index (χ2n) is 4.48. The monoisotopic (exact) mass is 234 g/mol. The van der Waals surface area contributed by atoms with E-state index in [2.05, 4.69) is 35.3 Å². The fraction of sp³-hybridized carbons (Fsp3) is 0.0625. The van der Waals surface area contributed by atoms with Crippen molar-refractivity contribution in [2.45, 2.75) is 6.92 Å². The molecule has 3 aromatic rings. The summed E-state index contributed by atoms with van der Waals surface area (Å²) in [6.45, 7) is 2.01. The molecule has 0 saturated heterocycles. The van der Waals surface area contributed by atoms with Crippen LogP contribution in [0.5, 0.6) is 0 Å². The number of hydrogen-bond donors (Lipinski definition) is 1. The number of fused-ring (bicyclic) bond motifs is 1. The molecule has 1 heterocycles. The highest BCUT2D eigenvalue weighted by Crippen LogP contribution is 2.26. The Morgan fingerprint density at radius 2 is 1.72 bits per heavy atom. The van der Waals surface area contributed by atoms with Gasteiger partial charge in [-0.2, -0.15) is 0 Å². The number of rotatable bonds is 1. The van der Waals surface area contributed by atoms with E-state index in [0.717, 1.165) is 33.3 Å². The first-order chi connectivity index (χ1) is 8.74. The van der Waals surface area contributed by atoms with Gasteiger partial charge in [-0.25, -0.2) is 0 Å². The fourth-order valence-electron chi connectivity index (χ4n) is 2.07. The third-order valence-corrected chi connectivity index (χ3v) is 3.22. The van der Waals surface area contributed by atoms with Crippen LogP contribution < -0.4 is 5.73 Å². The topological polar surface area (TPSA) is 38.9 Å². The van der Waals surface area contributed by atoms with Gasteiger partial charge in [0.05, 0.1) is 5.52 Å². The normalized spacial score (nSPS) is 10.7. The van der Waals surface area contributed by atoms with Crippen molar-refractivity contribution < 1.29 is 0 Å². The summed E-state index contributed by atoms with van der Waals surface area (Å²) in [5, 5.41) is 1.15. The lowest BCUT2D eigenvalue weighted by molar-refractivity contribution is 1.41. The van der Waals surface area contributed by atoms with E-state index in [1.54, 1.807) is 0 Å². The van der Waals surface area contributed by atoms with Crippen LogP contribution in [0, 0.1) is 6.92 Å². The van der Waals surface area contributed by atoms with Crippen LogP contribution in [0.2, 0.25) is 0 Å². The average molecular weight is 234 g/mol. The molecule has 0 aliphatic carbocycles. The first kappa shape index (κ1) is 10.8. The first-order valence-corrected chi connectivity index (χ1v) is 5.95. The maximum absolute atomic E-state index is 5.95. The molecule has 0 unspecified atom stereocenters. The second-order valence-corrected chi connectivity index (χ2v) is 4.48. The number of aromatic nitrogens is 1. The van der Waals surface area contributed by atoms with E-state index in [-0.39, 0.29) is 0 Å². The van der Waals surface area contributed by atoms with Gasteiger partial charge in [0.25, 0.3) is 0 Å². The van der Waals surface area contributed by atoms with Crippen molar-refractivity contribution in [2.24, 2.45) is 0 Å². The zero-order chi connectivity index (χ0) is 12.5. The van der Waals surface area contributed by atoms with Crippen LogP contribution in [0.4, 0.5) is 5.69 Å². The number of nitrogens with two attached hydrogens (primary N) is 1. The number of benzene rings is 2. The number of nitrogen functional groups attached to an aromatic ring is 1. The van der Waals surface area contributed by atoms with E-state index in [1.165, 1.54) is 0 Å². The summed E-state index contributed by atoms with van der Waals surface area (Å²) in [7, 11) is 0. The molecule has 2 nitrogen and oxygen atoms in total. The lowest BCUT2D eigenvalue weighted by atomic mass is 10.0. The average Bonchev–Trinajstić information content (AvgIpc) is 2.41. The van der Waals surface area contributed by atoms with E-state index >= 15 is 0 Å². The van der Waals surface area contributed by atoms with Crippen molar-refractivity contribution in [3.63, 3.8) is 0 Å². The number of hydrogen-bond acceptors (Lipinski definition) is 2. The predicted molar refractivity (Wildman–Crippen MR) is 76.3 cm³/mol. The Kier molecular flexibility index (Phi) is 2.49. The molecule has 2 aromatic carbocycles. The summed E-state index contributed by atoms with van der Waals surface area (Å²) in [5.41, 5.74) is 11.2. The van der Waals surface area contributed by atoms with Gasteiger partial charge >= 0.3 is 0 Å². The maximum Gasteiger partial charge on any atom is 0.0708 e. The largest absolute Gasteiger partial charge is 0.398 e. The molecule has 18 heavy (non-hydrogen) atoms. The van der Waals surface area contributed by atoms with Crippen molar-refractivity contribution in [1.29, 1.82) is 0 Å². The third kappa shape index (κ3) is 1.82. The molecule has 0 amide bonds. The molecule has 0 aliphatic rings. The van der Waals surface area contributed by atoms with Crippen molar-refractivity contribution in [2.75, 3.05) is 5.73 Å². The van der Waals surface area contributed by atoms with E-state index in [4.69, 9.17) is 5.73 Å². The molecule has 0 bridgehead atoms. The standard InChI is InChI=1S/C16H14N2/c1-11-4-5-13(9-15(11)17)14-7-6-12-3-2-8-18-16(12)10-14/h2-10H,17H2,1H3. The fourth-order valence-corrected chi connectivity index (χ4v) is 2.07. The zero-order valence-electron chi connectivity index (χ0n) is 10.2. The van der Waals surface area contributed by atoms with Gasteiger partial charge in [0, 0.05) is 17.3 Å². The van der Waals surface area contributed by atoms with Gasteiger partial charge in [0.15, 0.2) is 0 Å². The molecule has 2 N–H and O–H groups in total. The SMILES string of the molecule is Cc1ccc(-c2ccc3cccnc3c2)cc1N. The van der Waals surface area contributed by atoms with Gasteiger partial charge in [0.1, 0.15) is 0 Å². The van der Waals surface area contributed by atoms with Crippen LogP contribution >= 0.6 is 0 Å². The number of anilines is 1. The first-order valence-electron chi connectivity index (χ1n) is 5.95. The number of pyridine rings is 1. The van der Waals surface area contributed by atoms with E-state index in [1.807, 2.05) is 31.3 Å². The summed E-state index contributed by atoms with van der Waals surface area (Å²) in [5.74, 6) is 0. The summed E-state index contributed by atoms with van der Waals surface area (Å²) >= 11 is 0. The van der Waals surface area contributed by atoms with Gasteiger partial charge in [0.2, 0.25) is 0 Å². The van der Waals surface area contributed by atoms with Crippen LogP contribution in [-0.4, -0.2) is 4.98 Å². The zero-order valence-corrected chi connectivity index (χ0v) is 10.2. The van der Waals surface area contributed by atoms with Gasteiger partial charge < -0.3 is 5.73 Å². The summed E-state index contributed by atoms with van der Waals surface area (Å²) in [6, 6.07) is 16.5. The van der Waals surface area contributed by atoms with E-state index in [0.29, 0.717) is 0 Å². The van der Waals surface area contributed by atoms with E-state index in [9.17, 15) is 0 Å². The van der Waals surface area contributed by atoms with Gasteiger partial charge in [-0.05, 0) is 41.8 Å². The predicted octanol–water partition coefficient (Wildman–Crippen LogP) is 3.79. The lowest BCUT2D eigenvalue weighted by Gasteiger charge is -2.06. The minimum atomic E-state index is 0.827. The Hall–Kier alpha value is -2.35. The highest BCUT2D eigenvalue weighted by atomic mass is 14.6. The maximum atomic E-state index is 5.95. The smallest absolute Gasteiger partial charge is 0.0708 e. The van der Waals surface area contributed by atoms with Crippen LogP contribution in [0.1, 0.15) is 5.56 Å². The van der Waals surface area contributed by atoms with Crippen LogP contribution in [0.3, 0.4) is 0 Å². The highest BCUT2D eigenvalue weighted by molar-refractivity contribution is 5.84. The van der Waals surface area contributed by atoms with Crippen LogP contribution in [0.15, 0.2) is 54.7 Å². The molecular formula is C16H14N2. The Balaban J connectivity index is 2.16. The molecule has 88 valence electrons. The molecule has 1 aromatic heterocycles. The van der Waals surface area contributed by atoms with Gasteiger partial charge in [-0.1, -0.05) is 30.3 Å². The Labute approximate surface area is 106 Å². The molecule has 0 radical (unpaired) electrons. The van der Waals surface area contributed by atoms with Crippen LogP contribution in [0.25, 0.3) is 22.0 Å². The Bertz CT molecular complexity index is 717. The summed E-state index contributed by atoms with van der Waals surface area (Å²) in [4.78, 5) is 4.38. The Morgan fingerprint density at radius 1 is 0.944 bits per heavy atom. The van der Waals surface area contributed by atoms with Gasteiger partial charge in [-0.3, -0.25) is 4.98 Å². The highest BCUT2D eigenvalue weighted by Gasteiger charge is 2.02. The number of aryl methyl sites for hydroxylation is 1. The lowest BCUT2D eigenvalue weighted by Crippen LogP contribution is -1.90. The summed E-state index contributed by atoms with van der Waals surface area (Å²) in [6.07, 6.45) is 1.82. The molecule has 0 spiro atoms. The van der Waals surface area contributed by atoms with Crippen molar-refractivity contribution >= 4 is 16.6 Å². The molecule has 0 aliphatic heterocycles. The molecule has 2 heteroatoms. The second kappa shape index (κ2) is 4.15. The molecule has 0 saturated carbocycles. The Morgan fingerprint density at radius 3 is 2.56 bits per heavy atom. The molecule has 3 rings (SSSR count). The molecule has 0 atom stereocenters. The third-order valence-electron chi connectivity index (χ3n) is 3.22. The molecule has 0 fully saturated rings. The van der Waals surface area contributed by atoms with Crippen molar-refractivity contribution in [3.8, 4) is 11.1 Å². The van der Waals surface area contributed by atoms with Gasteiger partial charge in [-0.15, -0.1) is 0 Å². The molecular weight excluding hydrogens is 220 g/mol. The van der Waals surface area contributed by atoms with E-state index < -0.39 is 0 Å². The number of nitrogens with zero attached hydrogens (tertiary/aromatic N) is 1. The minimum absolute atomic E-state index is 0.827. The quantitative estimate of drug-likeness (QED) is 0.650. The van der Waals surface area contributed by atoms with Crippen molar-refractivity contribution in [3.05, 3.63) is 60.3 Å². The minimum Gasteiger partial charge on any atom is -0.398 e. The van der Waals surface area contributed by atoms with Crippen LogP contribution in [-0.2, 0) is 0 Å².